The first-order valence-electron chi connectivity index (χ1n) is 16.1. The van der Waals surface area contributed by atoms with Crippen molar-refractivity contribution in [3.05, 3.63) is 152 Å². The summed E-state index contributed by atoms with van der Waals surface area (Å²) >= 11 is 0. The van der Waals surface area contributed by atoms with Crippen LogP contribution in [0, 0.1) is 0 Å². The second kappa shape index (κ2) is 9.47. The second-order valence-corrected chi connectivity index (χ2v) is 12.4. The van der Waals surface area contributed by atoms with Gasteiger partial charge in [-0.2, -0.15) is 4.98 Å². The molecule has 0 bridgehead atoms. The highest BCUT2D eigenvalue weighted by atomic mass is 16.4. The molecule has 0 saturated carbocycles. The van der Waals surface area contributed by atoms with Crippen molar-refractivity contribution in [2.75, 3.05) is 0 Å². The number of rotatable bonds is 3. The summed E-state index contributed by atoms with van der Waals surface area (Å²) in [5.41, 5.74) is 11.2. The van der Waals surface area contributed by atoms with Crippen molar-refractivity contribution in [1.82, 2.24) is 14.1 Å². The summed E-state index contributed by atoms with van der Waals surface area (Å²) in [5, 5.41) is 6.85. The lowest BCUT2D eigenvalue weighted by atomic mass is 10.00. The lowest BCUT2D eigenvalue weighted by Crippen LogP contribution is -1.93. The van der Waals surface area contributed by atoms with Crippen LogP contribution in [0.2, 0.25) is 0 Å². The Morgan fingerprint density at radius 3 is 1.90 bits per heavy atom. The Morgan fingerprint density at radius 1 is 0.417 bits per heavy atom. The first-order chi connectivity index (χ1) is 23.8. The summed E-state index contributed by atoms with van der Waals surface area (Å²) in [4.78, 5) is 4.85. The van der Waals surface area contributed by atoms with Gasteiger partial charge in [0.25, 0.3) is 0 Å². The average molecular weight is 616 g/mol. The molecule has 4 heterocycles. The summed E-state index contributed by atoms with van der Waals surface area (Å²) in [7, 11) is 0. The van der Waals surface area contributed by atoms with Gasteiger partial charge < -0.3 is 13.4 Å². The van der Waals surface area contributed by atoms with Crippen molar-refractivity contribution in [3.63, 3.8) is 0 Å². The normalized spacial score (nSPS) is 12.2. The Kier molecular flexibility index (Phi) is 5.05. The molecular weight excluding hydrogens is 590 g/mol. The molecule has 48 heavy (non-hydrogen) atoms. The Labute approximate surface area is 273 Å². The van der Waals surface area contributed by atoms with Gasteiger partial charge in [0.15, 0.2) is 5.58 Å². The molecule has 0 aliphatic carbocycles. The van der Waals surface area contributed by atoms with E-state index in [4.69, 9.17) is 13.8 Å². The summed E-state index contributed by atoms with van der Waals surface area (Å²) in [5.74, 6) is 0. The minimum atomic E-state index is 0.570. The number of oxazole rings is 1. The van der Waals surface area contributed by atoms with Gasteiger partial charge in [-0.15, -0.1) is 0 Å². The molecular formula is C43H25N3O2. The Bertz CT molecular complexity index is 3030. The van der Waals surface area contributed by atoms with Crippen LogP contribution in [-0.2, 0) is 0 Å². The van der Waals surface area contributed by atoms with E-state index in [1.54, 1.807) is 0 Å². The molecule has 0 radical (unpaired) electrons. The van der Waals surface area contributed by atoms with Crippen LogP contribution in [0.3, 0.4) is 0 Å². The number of hydrogen-bond acceptors (Lipinski definition) is 3. The van der Waals surface area contributed by atoms with E-state index in [-0.39, 0.29) is 0 Å². The van der Waals surface area contributed by atoms with Gasteiger partial charge in [0.05, 0.1) is 27.5 Å². The number of fused-ring (bicyclic) bond motifs is 11. The fraction of sp³-hybridized carbons (Fsp3) is 0. The molecule has 11 rings (SSSR count). The van der Waals surface area contributed by atoms with Gasteiger partial charge in [0, 0.05) is 32.6 Å². The molecule has 0 N–H and O–H groups in total. The minimum absolute atomic E-state index is 0.570. The predicted octanol–water partition coefficient (Wildman–Crippen LogP) is 11.6. The van der Waals surface area contributed by atoms with Crippen LogP contribution < -0.4 is 0 Å². The van der Waals surface area contributed by atoms with E-state index in [9.17, 15) is 0 Å². The highest BCUT2D eigenvalue weighted by Crippen LogP contribution is 2.42. The highest BCUT2D eigenvalue weighted by molar-refractivity contribution is 6.24. The Hall–Kier alpha value is -6.59. The molecule has 0 fully saturated rings. The molecule has 0 aliphatic rings. The number of nitrogens with zero attached hydrogens (tertiary/aromatic N) is 3. The monoisotopic (exact) mass is 615 g/mol. The van der Waals surface area contributed by atoms with Gasteiger partial charge in [-0.3, -0.25) is 4.57 Å². The van der Waals surface area contributed by atoms with Gasteiger partial charge in [0.2, 0.25) is 0 Å². The largest absolute Gasteiger partial charge is 0.455 e. The van der Waals surface area contributed by atoms with Crippen molar-refractivity contribution in [1.29, 1.82) is 0 Å². The quantitative estimate of drug-likeness (QED) is 0.199. The van der Waals surface area contributed by atoms with Crippen molar-refractivity contribution in [3.8, 4) is 22.8 Å². The third-order valence-electron chi connectivity index (χ3n) is 9.77. The van der Waals surface area contributed by atoms with Crippen LogP contribution in [0.5, 0.6) is 0 Å². The van der Waals surface area contributed by atoms with E-state index < -0.39 is 0 Å². The second-order valence-electron chi connectivity index (χ2n) is 12.4. The lowest BCUT2D eigenvalue weighted by molar-refractivity contribution is 0.574. The van der Waals surface area contributed by atoms with Gasteiger partial charge in [-0.25, -0.2) is 0 Å². The molecule has 0 atom stereocenters. The maximum atomic E-state index is 6.61. The summed E-state index contributed by atoms with van der Waals surface area (Å²) in [6, 6.07) is 53.7. The van der Waals surface area contributed by atoms with Crippen LogP contribution in [-0.4, -0.2) is 14.1 Å². The first-order valence-corrected chi connectivity index (χ1v) is 16.1. The fourth-order valence-corrected chi connectivity index (χ4v) is 7.64. The minimum Gasteiger partial charge on any atom is -0.455 e. The van der Waals surface area contributed by atoms with Crippen molar-refractivity contribution in [2.24, 2.45) is 0 Å². The molecule has 5 nitrogen and oxygen atoms in total. The zero-order valence-electron chi connectivity index (χ0n) is 25.6. The molecule has 224 valence electrons. The number of aromatic nitrogens is 3. The van der Waals surface area contributed by atoms with Crippen LogP contribution in [0.15, 0.2) is 160 Å². The van der Waals surface area contributed by atoms with E-state index >= 15 is 0 Å². The first kappa shape index (κ1) is 25.6. The third kappa shape index (κ3) is 3.47. The Balaban J connectivity index is 1.18. The molecule has 7 aromatic carbocycles. The van der Waals surface area contributed by atoms with Gasteiger partial charge in [-0.1, -0.05) is 78.9 Å². The average Bonchev–Trinajstić information content (AvgIpc) is 3.90. The highest BCUT2D eigenvalue weighted by Gasteiger charge is 2.21. The molecule has 11 aromatic rings. The standard InChI is InChI=1S/C43H25N3O2/c1-2-10-28(11-3-1)45-37-22-19-27(25-33(37)41-38(45)23-20-31-30-13-5-8-16-39(30)47-42(31)41)26-18-21-36-32(24-26)29-12-4-7-15-35(29)46(36)43-44-34-14-6-9-17-40(34)48-43/h1-25H. The summed E-state index contributed by atoms with van der Waals surface area (Å²) in [6.45, 7) is 0. The van der Waals surface area contributed by atoms with Gasteiger partial charge in [0.1, 0.15) is 16.7 Å². The number of furan rings is 1. The van der Waals surface area contributed by atoms with Crippen molar-refractivity contribution < 1.29 is 8.83 Å². The van der Waals surface area contributed by atoms with Crippen molar-refractivity contribution in [2.45, 2.75) is 0 Å². The Morgan fingerprint density at radius 2 is 1.06 bits per heavy atom. The topological polar surface area (TPSA) is 49.0 Å². The molecule has 0 spiro atoms. The number of benzene rings is 7. The van der Waals surface area contributed by atoms with Crippen LogP contribution >= 0.6 is 0 Å². The van der Waals surface area contributed by atoms with Crippen LogP contribution in [0.25, 0.3) is 99.5 Å². The van der Waals surface area contributed by atoms with Gasteiger partial charge >= 0.3 is 6.01 Å². The summed E-state index contributed by atoms with van der Waals surface area (Å²) in [6.07, 6.45) is 0. The zero-order valence-corrected chi connectivity index (χ0v) is 25.6. The number of para-hydroxylation sites is 5. The van der Waals surface area contributed by atoms with Crippen LogP contribution in [0.4, 0.5) is 0 Å². The third-order valence-corrected chi connectivity index (χ3v) is 9.77. The SMILES string of the molecule is c1ccc(-n2c3ccc(-c4ccc5c(c4)c4ccccc4n5-c4nc5ccccc5o4)cc3c3c4oc5ccccc5c4ccc32)cc1. The molecule has 4 aromatic heterocycles. The van der Waals surface area contributed by atoms with Gasteiger partial charge in [-0.05, 0) is 83.9 Å². The fourth-order valence-electron chi connectivity index (χ4n) is 7.64. The predicted molar refractivity (Wildman–Crippen MR) is 195 cm³/mol. The van der Waals surface area contributed by atoms with E-state index in [1.807, 2.05) is 30.3 Å². The molecule has 0 aliphatic heterocycles. The van der Waals surface area contributed by atoms with E-state index in [2.05, 4.69) is 130 Å². The van der Waals surface area contributed by atoms with E-state index in [1.165, 1.54) is 0 Å². The lowest BCUT2D eigenvalue weighted by Gasteiger charge is -2.08. The molecule has 0 unspecified atom stereocenters. The maximum Gasteiger partial charge on any atom is 0.307 e. The van der Waals surface area contributed by atoms with Crippen LogP contribution in [0.1, 0.15) is 0 Å². The summed E-state index contributed by atoms with van der Waals surface area (Å²) < 4.78 is 17.4. The maximum absolute atomic E-state index is 6.61. The van der Waals surface area contributed by atoms with E-state index in [0.29, 0.717) is 6.01 Å². The van der Waals surface area contributed by atoms with E-state index in [0.717, 1.165) is 93.5 Å². The zero-order chi connectivity index (χ0) is 31.3. The number of hydrogen-bond donors (Lipinski definition) is 0. The molecule has 0 saturated heterocycles. The van der Waals surface area contributed by atoms with Crippen molar-refractivity contribution >= 4 is 76.6 Å². The molecule has 5 heteroatoms. The molecule has 0 amide bonds. The smallest absolute Gasteiger partial charge is 0.307 e.